The minimum atomic E-state index is -4.45. The average molecular weight is 332 g/mol. The topological polar surface area (TPSA) is 49.4 Å². The van der Waals surface area contributed by atoms with E-state index in [2.05, 4.69) is 5.32 Å². The van der Waals surface area contributed by atoms with Crippen LogP contribution in [-0.2, 0) is 17.5 Å². The van der Waals surface area contributed by atoms with Crippen LogP contribution in [-0.4, -0.2) is 34.9 Å². The van der Waals surface area contributed by atoms with Crippen LogP contribution in [0.5, 0.6) is 0 Å². The highest BCUT2D eigenvalue weighted by Gasteiger charge is 2.37. The maximum Gasteiger partial charge on any atom is 0.416 e. The van der Waals surface area contributed by atoms with Crippen LogP contribution in [0.4, 0.5) is 18.0 Å². The first-order valence-electron chi connectivity index (χ1n) is 6.60. The Morgan fingerprint density at radius 2 is 2.05 bits per heavy atom. The van der Waals surface area contributed by atoms with Crippen LogP contribution >= 0.6 is 11.8 Å². The lowest BCUT2D eigenvalue weighted by Gasteiger charge is -2.14. The van der Waals surface area contributed by atoms with E-state index in [1.165, 1.54) is 12.1 Å². The van der Waals surface area contributed by atoms with Crippen molar-refractivity contribution in [2.45, 2.75) is 25.2 Å². The third kappa shape index (κ3) is 3.73. The van der Waals surface area contributed by atoms with Crippen molar-refractivity contribution in [3.8, 4) is 0 Å². The lowest BCUT2D eigenvalue weighted by molar-refractivity contribution is -0.137. The van der Waals surface area contributed by atoms with Crippen molar-refractivity contribution >= 4 is 23.7 Å². The molecule has 1 saturated heterocycles. The molecule has 1 aliphatic heterocycles. The quantitative estimate of drug-likeness (QED) is 0.844. The predicted octanol–water partition coefficient (Wildman–Crippen LogP) is 2.88. The summed E-state index contributed by atoms with van der Waals surface area (Å²) < 4.78 is 38.0. The largest absolute Gasteiger partial charge is 0.416 e. The van der Waals surface area contributed by atoms with E-state index >= 15 is 0 Å². The van der Waals surface area contributed by atoms with Gasteiger partial charge in [0.1, 0.15) is 6.04 Å². The van der Waals surface area contributed by atoms with Gasteiger partial charge in [-0.2, -0.15) is 24.9 Å². The van der Waals surface area contributed by atoms with E-state index < -0.39 is 29.7 Å². The molecule has 1 aromatic carbocycles. The lowest BCUT2D eigenvalue weighted by atomic mass is 10.1. The molecule has 0 saturated carbocycles. The Kier molecular flexibility index (Phi) is 5.00. The number of carbonyl (C=O) groups is 2. The molecule has 3 amide bonds. The van der Waals surface area contributed by atoms with Gasteiger partial charge in [0, 0.05) is 0 Å². The summed E-state index contributed by atoms with van der Waals surface area (Å²) in [5.74, 6) is 0.324. The van der Waals surface area contributed by atoms with Gasteiger partial charge in [0.05, 0.1) is 12.1 Å². The molecular weight excluding hydrogens is 317 g/mol. The minimum absolute atomic E-state index is 0.162. The normalized spacial score (nSPS) is 18.7. The molecule has 1 unspecified atom stereocenters. The Bertz CT molecular complexity index is 577. The predicted molar refractivity (Wildman–Crippen MR) is 77.3 cm³/mol. The zero-order chi connectivity index (χ0) is 16.3. The Hall–Kier alpha value is -1.70. The van der Waals surface area contributed by atoms with Crippen molar-refractivity contribution in [1.29, 1.82) is 0 Å². The number of nitrogens with one attached hydrogen (secondary N) is 1. The van der Waals surface area contributed by atoms with Crippen LogP contribution in [0, 0.1) is 0 Å². The second-order valence-corrected chi connectivity index (χ2v) is 5.89. The van der Waals surface area contributed by atoms with E-state index in [0.29, 0.717) is 12.2 Å². The zero-order valence-electron chi connectivity index (χ0n) is 11.8. The number of rotatable bonds is 5. The molecule has 1 aromatic rings. The fourth-order valence-electron chi connectivity index (χ4n) is 2.19. The number of imide groups is 1. The molecule has 0 aliphatic carbocycles. The third-order valence-electron chi connectivity index (χ3n) is 3.31. The van der Waals surface area contributed by atoms with Gasteiger partial charge in [-0.25, -0.2) is 4.79 Å². The number of hydrogen-bond acceptors (Lipinski definition) is 3. The molecular formula is C14H15F3N2O2S. The van der Waals surface area contributed by atoms with E-state index in [9.17, 15) is 22.8 Å². The number of alkyl halides is 3. The van der Waals surface area contributed by atoms with Gasteiger partial charge < -0.3 is 5.32 Å². The van der Waals surface area contributed by atoms with Crippen LogP contribution in [0.25, 0.3) is 0 Å². The van der Waals surface area contributed by atoms with E-state index in [-0.39, 0.29) is 12.1 Å². The minimum Gasteiger partial charge on any atom is -0.326 e. The molecule has 8 heteroatoms. The summed E-state index contributed by atoms with van der Waals surface area (Å²) in [5, 5.41) is 2.56. The second-order valence-electron chi connectivity index (χ2n) is 4.91. The second kappa shape index (κ2) is 6.60. The fourth-order valence-corrected chi connectivity index (χ4v) is 2.66. The molecule has 0 aromatic heterocycles. The Morgan fingerprint density at radius 3 is 2.68 bits per heavy atom. The highest BCUT2D eigenvalue weighted by Crippen LogP contribution is 2.30. The van der Waals surface area contributed by atoms with E-state index in [4.69, 9.17) is 0 Å². The van der Waals surface area contributed by atoms with Crippen LogP contribution in [0.15, 0.2) is 24.3 Å². The van der Waals surface area contributed by atoms with Crippen LogP contribution in [0.3, 0.4) is 0 Å². The van der Waals surface area contributed by atoms with Gasteiger partial charge in [-0.1, -0.05) is 12.1 Å². The van der Waals surface area contributed by atoms with Crippen LogP contribution in [0.1, 0.15) is 17.5 Å². The van der Waals surface area contributed by atoms with Crippen molar-refractivity contribution in [2.75, 3.05) is 12.0 Å². The molecule has 120 valence electrons. The molecule has 0 radical (unpaired) electrons. The van der Waals surface area contributed by atoms with Gasteiger partial charge in [-0.05, 0) is 36.1 Å². The fraction of sp³-hybridized carbons (Fsp3) is 0.429. The summed E-state index contributed by atoms with van der Waals surface area (Å²) in [4.78, 5) is 24.9. The maximum absolute atomic E-state index is 12.7. The molecule has 0 spiro atoms. The van der Waals surface area contributed by atoms with Crippen molar-refractivity contribution < 1.29 is 22.8 Å². The van der Waals surface area contributed by atoms with E-state index in [0.717, 1.165) is 17.0 Å². The Morgan fingerprint density at radius 1 is 1.32 bits per heavy atom. The van der Waals surface area contributed by atoms with Crippen molar-refractivity contribution in [3.63, 3.8) is 0 Å². The molecule has 1 aliphatic rings. The smallest absolute Gasteiger partial charge is 0.326 e. The number of carbonyl (C=O) groups excluding carboxylic acids is 2. The number of benzene rings is 1. The summed E-state index contributed by atoms with van der Waals surface area (Å²) in [6, 6.07) is 3.48. The molecule has 1 fully saturated rings. The standard InChI is InChI=1S/C14H15F3N2O2S/c1-22-6-5-11-12(20)19(13(21)18-11)8-9-3-2-4-10(7-9)14(15,16)17/h2-4,7,11H,5-6,8H2,1H3,(H,18,21). The highest BCUT2D eigenvalue weighted by atomic mass is 32.2. The maximum atomic E-state index is 12.7. The van der Waals surface area contributed by atoms with E-state index in [1.807, 2.05) is 6.26 Å². The molecule has 1 N–H and O–H groups in total. The number of hydrogen-bond donors (Lipinski definition) is 1. The van der Waals surface area contributed by atoms with E-state index in [1.54, 1.807) is 11.8 Å². The van der Waals surface area contributed by atoms with Gasteiger partial charge in [-0.3, -0.25) is 9.69 Å². The van der Waals surface area contributed by atoms with Gasteiger partial charge >= 0.3 is 12.2 Å². The molecule has 2 rings (SSSR count). The first kappa shape index (κ1) is 16.7. The summed E-state index contributed by atoms with van der Waals surface area (Å²) >= 11 is 1.55. The molecule has 0 bridgehead atoms. The Labute approximate surface area is 130 Å². The van der Waals surface area contributed by atoms with Crippen molar-refractivity contribution in [3.05, 3.63) is 35.4 Å². The van der Waals surface area contributed by atoms with Crippen LogP contribution in [0.2, 0.25) is 0 Å². The molecule has 1 atom stereocenters. The lowest BCUT2D eigenvalue weighted by Crippen LogP contribution is -2.31. The van der Waals surface area contributed by atoms with Gasteiger partial charge in [-0.15, -0.1) is 0 Å². The van der Waals surface area contributed by atoms with Gasteiger partial charge in [0.2, 0.25) is 0 Å². The number of halogens is 3. The first-order chi connectivity index (χ1) is 10.3. The molecule has 1 heterocycles. The number of nitrogens with zero attached hydrogens (tertiary/aromatic N) is 1. The number of thioether (sulfide) groups is 1. The van der Waals surface area contributed by atoms with Gasteiger partial charge in [0.15, 0.2) is 0 Å². The summed E-state index contributed by atoms with van der Waals surface area (Å²) in [5.41, 5.74) is -0.528. The van der Waals surface area contributed by atoms with Gasteiger partial charge in [0.25, 0.3) is 5.91 Å². The van der Waals surface area contributed by atoms with Crippen molar-refractivity contribution in [1.82, 2.24) is 10.2 Å². The first-order valence-corrected chi connectivity index (χ1v) is 7.99. The summed E-state index contributed by atoms with van der Waals surface area (Å²) in [6.45, 7) is -0.162. The van der Waals surface area contributed by atoms with Crippen LogP contribution < -0.4 is 5.32 Å². The number of urea groups is 1. The number of amides is 3. The Balaban J connectivity index is 2.10. The third-order valence-corrected chi connectivity index (χ3v) is 3.96. The summed E-state index contributed by atoms with van der Waals surface area (Å²) in [7, 11) is 0. The molecule has 4 nitrogen and oxygen atoms in total. The monoisotopic (exact) mass is 332 g/mol. The average Bonchev–Trinajstić information content (AvgIpc) is 2.72. The summed E-state index contributed by atoms with van der Waals surface area (Å²) in [6.07, 6.45) is -2.05. The SMILES string of the molecule is CSCCC1NC(=O)N(Cc2cccc(C(F)(F)F)c2)C1=O. The molecule has 22 heavy (non-hydrogen) atoms. The highest BCUT2D eigenvalue weighted by molar-refractivity contribution is 7.98. The van der Waals surface area contributed by atoms with Crippen molar-refractivity contribution in [2.24, 2.45) is 0 Å². The zero-order valence-corrected chi connectivity index (χ0v) is 12.6.